The van der Waals surface area contributed by atoms with Crippen molar-refractivity contribution in [2.45, 2.75) is 39.0 Å². The van der Waals surface area contributed by atoms with Crippen LogP contribution in [0.4, 0.5) is 17.6 Å². The van der Waals surface area contributed by atoms with E-state index in [1.165, 1.54) is 18.3 Å². The second kappa shape index (κ2) is 7.58. The summed E-state index contributed by atoms with van der Waals surface area (Å²) in [5.74, 6) is -2.01. The van der Waals surface area contributed by atoms with Gasteiger partial charge in [0.15, 0.2) is 11.6 Å². The van der Waals surface area contributed by atoms with Crippen molar-refractivity contribution in [1.82, 2.24) is 14.9 Å². The standard InChI is InChI=1S/C18H19F4N3O2/c1-2-27-15-4-3-11(7-14(15)19)9-23-16(26)12-5-6-25-13(8-12)10-24-17(25)18(20,21)22/h3-4,7,10,12H,2,5-6,8-9H2,1H3,(H,23,26). The number of carbonyl (C=O) groups is 1. The number of imidazole rings is 1. The smallest absolute Gasteiger partial charge is 0.449 e. The maximum Gasteiger partial charge on any atom is 0.449 e. The Kier molecular flexibility index (Phi) is 5.38. The van der Waals surface area contributed by atoms with Gasteiger partial charge < -0.3 is 14.6 Å². The van der Waals surface area contributed by atoms with Crippen molar-refractivity contribution in [1.29, 1.82) is 0 Å². The van der Waals surface area contributed by atoms with Crippen molar-refractivity contribution < 1.29 is 27.1 Å². The number of nitrogens with zero attached hydrogens (tertiary/aromatic N) is 2. The summed E-state index contributed by atoms with van der Waals surface area (Å²) in [5, 5.41) is 2.72. The molecule has 0 spiro atoms. The molecule has 0 saturated carbocycles. The van der Waals surface area contributed by atoms with Gasteiger partial charge in [-0.25, -0.2) is 9.37 Å². The van der Waals surface area contributed by atoms with Crippen molar-refractivity contribution in [3.8, 4) is 5.75 Å². The van der Waals surface area contributed by atoms with Crippen LogP contribution in [0.5, 0.6) is 5.75 Å². The largest absolute Gasteiger partial charge is 0.491 e. The molecule has 1 aromatic carbocycles. The first-order valence-corrected chi connectivity index (χ1v) is 8.60. The minimum Gasteiger partial charge on any atom is -0.491 e. The van der Waals surface area contributed by atoms with E-state index in [1.807, 2.05) is 0 Å². The summed E-state index contributed by atoms with van der Waals surface area (Å²) in [4.78, 5) is 15.8. The molecule has 2 aromatic rings. The number of fused-ring (bicyclic) bond motifs is 1. The molecule has 0 aliphatic carbocycles. The molecule has 0 bridgehead atoms. The highest BCUT2D eigenvalue weighted by atomic mass is 19.4. The summed E-state index contributed by atoms with van der Waals surface area (Å²) in [7, 11) is 0. The SMILES string of the molecule is CCOc1ccc(CNC(=O)C2CCn3c(cnc3C(F)(F)F)C2)cc1F. The molecular weight excluding hydrogens is 366 g/mol. The summed E-state index contributed by atoms with van der Waals surface area (Å²) in [6, 6.07) is 4.44. The normalized spacial score (nSPS) is 16.7. The van der Waals surface area contributed by atoms with E-state index in [2.05, 4.69) is 10.3 Å². The number of nitrogens with one attached hydrogen (secondary N) is 1. The Morgan fingerprint density at radius 3 is 2.85 bits per heavy atom. The highest BCUT2D eigenvalue weighted by Crippen LogP contribution is 2.32. The molecule has 5 nitrogen and oxygen atoms in total. The van der Waals surface area contributed by atoms with E-state index >= 15 is 0 Å². The fraction of sp³-hybridized carbons (Fsp3) is 0.444. The van der Waals surface area contributed by atoms with Gasteiger partial charge in [0, 0.05) is 37.3 Å². The molecule has 146 valence electrons. The van der Waals surface area contributed by atoms with Crippen molar-refractivity contribution >= 4 is 5.91 Å². The Morgan fingerprint density at radius 2 is 2.19 bits per heavy atom. The van der Waals surface area contributed by atoms with Gasteiger partial charge in [0.2, 0.25) is 11.7 Å². The minimum absolute atomic E-state index is 0.0833. The molecule has 1 aromatic heterocycles. The molecule has 1 aliphatic rings. The van der Waals surface area contributed by atoms with Crippen LogP contribution >= 0.6 is 0 Å². The molecule has 1 unspecified atom stereocenters. The molecule has 3 rings (SSSR count). The van der Waals surface area contributed by atoms with Gasteiger partial charge in [-0.1, -0.05) is 6.07 Å². The summed E-state index contributed by atoms with van der Waals surface area (Å²) in [6.07, 6.45) is -2.86. The number of benzene rings is 1. The first-order chi connectivity index (χ1) is 12.8. The zero-order valence-corrected chi connectivity index (χ0v) is 14.6. The number of rotatable bonds is 5. The Labute approximate surface area is 153 Å². The molecule has 9 heteroatoms. The first-order valence-electron chi connectivity index (χ1n) is 8.60. The van der Waals surface area contributed by atoms with Gasteiger partial charge in [-0.2, -0.15) is 13.2 Å². The number of amides is 1. The van der Waals surface area contributed by atoms with Crippen LogP contribution in [0.2, 0.25) is 0 Å². The van der Waals surface area contributed by atoms with Gasteiger partial charge in [-0.3, -0.25) is 4.79 Å². The number of carbonyl (C=O) groups excluding carboxylic acids is 1. The molecule has 1 aliphatic heterocycles. The van der Waals surface area contributed by atoms with Crippen LogP contribution in [0.25, 0.3) is 0 Å². The van der Waals surface area contributed by atoms with Crippen molar-refractivity contribution in [2.75, 3.05) is 6.61 Å². The first kappa shape index (κ1) is 19.2. The van der Waals surface area contributed by atoms with Crippen LogP contribution in [0.1, 0.15) is 30.4 Å². The van der Waals surface area contributed by atoms with E-state index in [1.54, 1.807) is 13.0 Å². The number of alkyl halides is 3. The zero-order valence-electron chi connectivity index (χ0n) is 14.6. The third-order valence-electron chi connectivity index (χ3n) is 4.48. The van der Waals surface area contributed by atoms with Crippen molar-refractivity contribution in [3.63, 3.8) is 0 Å². The van der Waals surface area contributed by atoms with Gasteiger partial charge in [0.05, 0.1) is 6.61 Å². The lowest BCUT2D eigenvalue weighted by molar-refractivity contribution is -0.147. The Morgan fingerprint density at radius 1 is 1.41 bits per heavy atom. The Hall–Kier alpha value is -2.58. The van der Waals surface area contributed by atoms with Crippen LogP contribution < -0.4 is 10.1 Å². The highest BCUT2D eigenvalue weighted by molar-refractivity contribution is 5.79. The van der Waals surface area contributed by atoms with Gasteiger partial charge in [0.25, 0.3) is 0 Å². The number of hydrogen-bond acceptors (Lipinski definition) is 3. The fourth-order valence-corrected chi connectivity index (χ4v) is 3.17. The fourth-order valence-electron chi connectivity index (χ4n) is 3.17. The maximum atomic E-state index is 13.8. The number of halogens is 4. The van der Waals surface area contributed by atoms with Gasteiger partial charge in [0.1, 0.15) is 0 Å². The monoisotopic (exact) mass is 385 g/mol. The second-order valence-corrected chi connectivity index (χ2v) is 6.33. The van der Waals surface area contributed by atoms with E-state index in [-0.39, 0.29) is 37.6 Å². The van der Waals surface area contributed by atoms with E-state index < -0.39 is 23.7 Å². The predicted octanol–water partition coefficient (Wildman–Crippen LogP) is 3.32. The Bertz CT molecular complexity index is 832. The Balaban J connectivity index is 1.60. The van der Waals surface area contributed by atoms with E-state index in [0.29, 0.717) is 17.9 Å². The van der Waals surface area contributed by atoms with E-state index in [9.17, 15) is 22.4 Å². The minimum atomic E-state index is -4.51. The number of aromatic nitrogens is 2. The summed E-state index contributed by atoms with van der Waals surface area (Å²) < 4.78 is 58.7. The van der Waals surface area contributed by atoms with Gasteiger partial charge in [-0.15, -0.1) is 0 Å². The lowest BCUT2D eigenvalue weighted by Gasteiger charge is -2.24. The summed E-state index contributed by atoms with van der Waals surface area (Å²) in [6.45, 7) is 2.31. The maximum absolute atomic E-state index is 13.8. The van der Waals surface area contributed by atoms with E-state index in [4.69, 9.17) is 4.74 Å². The number of ether oxygens (including phenoxy) is 1. The van der Waals surface area contributed by atoms with Crippen LogP contribution in [0.3, 0.4) is 0 Å². The van der Waals surface area contributed by atoms with Gasteiger partial charge in [-0.05, 0) is 31.0 Å². The molecular formula is C18H19F4N3O2. The zero-order chi connectivity index (χ0) is 19.6. The predicted molar refractivity (Wildman–Crippen MR) is 88.5 cm³/mol. The van der Waals surface area contributed by atoms with Crippen LogP contribution in [-0.2, 0) is 30.5 Å². The van der Waals surface area contributed by atoms with Crippen LogP contribution in [-0.4, -0.2) is 22.1 Å². The molecule has 2 heterocycles. The lowest BCUT2D eigenvalue weighted by Crippen LogP contribution is -2.35. The highest BCUT2D eigenvalue weighted by Gasteiger charge is 2.39. The second-order valence-electron chi connectivity index (χ2n) is 6.33. The third-order valence-corrected chi connectivity index (χ3v) is 4.48. The lowest BCUT2D eigenvalue weighted by atomic mass is 9.95. The van der Waals surface area contributed by atoms with Crippen molar-refractivity contribution in [2.24, 2.45) is 5.92 Å². The molecule has 0 radical (unpaired) electrons. The molecule has 27 heavy (non-hydrogen) atoms. The average molecular weight is 385 g/mol. The quantitative estimate of drug-likeness (QED) is 0.804. The molecule has 1 amide bonds. The van der Waals surface area contributed by atoms with Crippen LogP contribution in [0, 0.1) is 11.7 Å². The van der Waals surface area contributed by atoms with Crippen molar-refractivity contribution in [3.05, 3.63) is 47.3 Å². The van der Waals surface area contributed by atoms with E-state index in [0.717, 1.165) is 4.57 Å². The molecule has 1 atom stereocenters. The molecule has 0 saturated heterocycles. The summed E-state index contributed by atoms with van der Waals surface area (Å²) >= 11 is 0. The van der Waals surface area contributed by atoms with Crippen LogP contribution in [0.15, 0.2) is 24.4 Å². The molecule has 0 fully saturated rings. The summed E-state index contributed by atoms with van der Waals surface area (Å²) in [5.41, 5.74) is 0.963. The number of hydrogen-bond donors (Lipinski definition) is 1. The topological polar surface area (TPSA) is 56.1 Å². The van der Waals surface area contributed by atoms with Gasteiger partial charge >= 0.3 is 6.18 Å². The third kappa shape index (κ3) is 4.23. The molecule has 1 N–H and O–H groups in total. The average Bonchev–Trinajstić information content (AvgIpc) is 3.05.